The van der Waals surface area contributed by atoms with E-state index in [1.54, 1.807) is 4.68 Å². The number of anilines is 1. The number of benzene rings is 1. The maximum absolute atomic E-state index is 11.9. The van der Waals surface area contributed by atoms with Crippen molar-refractivity contribution < 1.29 is 9.59 Å². The van der Waals surface area contributed by atoms with Crippen LogP contribution in [-0.2, 0) is 4.79 Å². The third-order valence-electron chi connectivity index (χ3n) is 3.91. The second-order valence-electron chi connectivity index (χ2n) is 5.73. The fourth-order valence-electron chi connectivity index (χ4n) is 2.75. The zero-order chi connectivity index (χ0) is 19.1. The molecule has 0 saturated carbocycles. The molecule has 0 atom stereocenters. The average molecular weight is 448 g/mol. The van der Waals surface area contributed by atoms with Crippen LogP contribution in [0.15, 0.2) is 30.3 Å². The van der Waals surface area contributed by atoms with Gasteiger partial charge < -0.3 is 0 Å². The first kappa shape index (κ1) is 17.7. The number of halogens is 1. The molecular weight excluding hydrogens is 435 g/mol. The molecule has 3 heterocycles. The van der Waals surface area contributed by atoms with Crippen LogP contribution in [0, 0.1) is 6.92 Å². The van der Waals surface area contributed by atoms with Crippen molar-refractivity contribution in [3.63, 3.8) is 0 Å². The van der Waals surface area contributed by atoms with Crippen LogP contribution in [0.1, 0.15) is 14.9 Å². The summed E-state index contributed by atoms with van der Waals surface area (Å²) in [5, 5.41) is 7.17. The standard InChI is InChI=1S/C17H13ClN6O2Se/c1-8-11-16(24(23-8)9-5-3-2-4-6-9)22-17-13(21-11)12(20-10(25)7-18)14(27-17)15(19)26/h2-6H,7H2,1H3,(H2,19,26)(H,20,25). The number of carbonyl (C=O) groups excluding carboxylic acids is 2. The van der Waals surface area contributed by atoms with E-state index in [1.165, 1.54) is 0 Å². The van der Waals surface area contributed by atoms with Crippen LogP contribution in [0.25, 0.3) is 26.8 Å². The number of hydrogen-bond acceptors (Lipinski definition) is 5. The Balaban J connectivity index is 2.00. The van der Waals surface area contributed by atoms with E-state index in [-0.39, 0.29) is 5.88 Å². The number of fused-ring (bicyclic) bond motifs is 2. The number of amides is 2. The van der Waals surface area contributed by atoms with Gasteiger partial charge in [-0.2, -0.15) is 0 Å². The number of aryl methyl sites for hydroxylation is 1. The summed E-state index contributed by atoms with van der Waals surface area (Å²) in [6.07, 6.45) is 0. The van der Waals surface area contributed by atoms with Gasteiger partial charge in [-0.1, -0.05) is 0 Å². The van der Waals surface area contributed by atoms with Crippen molar-refractivity contribution in [2.45, 2.75) is 6.92 Å². The third-order valence-corrected chi connectivity index (χ3v) is 6.44. The van der Waals surface area contributed by atoms with E-state index in [1.807, 2.05) is 37.3 Å². The summed E-state index contributed by atoms with van der Waals surface area (Å²) in [7, 11) is 0. The summed E-state index contributed by atoms with van der Waals surface area (Å²) in [6, 6.07) is 9.59. The molecule has 3 aromatic heterocycles. The van der Waals surface area contributed by atoms with Gasteiger partial charge in [0, 0.05) is 0 Å². The quantitative estimate of drug-likeness (QED) is 0.364. The van der Waals surface area contributed by atoms with Gasteiger partial charge in [0.05, 0.1) is 0 Å². The van der Waals surface area contributed by atoms with E-state index in [0.717, 1.165) is 5.69 Å². The zero-order valence-electron chi connectivity index (χ0n) is 14.1. The second kappa shape index (κ2) is 6.77. The molecule has 136 valence electrons. The van der Waals surface area contributed by atoms with Crippen molar-refractivity contribution in [3.8, 4) is 5.69 Å². The van der Waals surface area contributed by atoms with Crippen molar-refractivity contribution in [2.24, 2.45) is 5.73 Å². The molecule has 0 aliphatic carbocycles. The number of carbonyl (C=O) groups is 2. The van der Waals surface area contributed by atoms with Crippen LogP contribution in [-0.4, -0.2) is 51.9 Å². The Morgan fingerprint density at radius 1 is 1.22 bits per heavy atom. The maximum atomic E-state index is 11.9. The van der Waals surface area contributed by atoms with Gasteiger partial charge in [0.2, 0.25) is 0 Å². The minimum absolute atomic E-state index is 0.238. The SMILES string of the molecule is Cc1nn(-c2ccccc2)c2nc3[se]c(C(N)=O)c(NC(=O)CCl)c3nc12. The van der Waals surface area contributed by atoms with Gasteiger partial charge in [0.15, 0.2) is 0 Å². The Bertz CT molecular complexity index is 1200. The van der Waals surface area contributed by atoms with Gasteiger partial charge in [-0.15, -0.1) is 0 Å². The number of nitrogens with zero attached hydrogens (tertiary/aromatic N) is 4. The molecule has 8 nitrogen and oxygen atoms in total. The van der Waals surface area contributed by atoms with Gasteiger partial charge in [0.25, 0.3) is 0 Å². The summed E-state index contributed by atoms with van der Waals surface area (Å²) in [5.41, 5.74) is 8.97. The number of hydrogen-bond donors (Lipinski definition) is 2. The van der Waals surface area contributed by atoms with Gasteiger partial charge in [-0.25, -0.2) is 0 Å². The van der Waals surface area contributed by atoms with Crippen LogP contribution in [0.3, 0.4) is 0 Å². The van der Waals surface area contributed by atoms with Crippen molar-refractivity contribution in [3.05, 3.63) is 40.5 Å². The van der Waals surface area contributed by atoms with Crippen molar-refractivity contribution in [2.75, 3.05) is 11.2 Å². The summed E-state index contributed by atoms with van der Waals surface area (Å²) in [5.74, 6) is -1.28. The first-order chi connectivity index (χ1) is 13.0. The molecule has 27 heavy (non-hydrogen) atoms. The monoisotopic (exact) mass is 448 g/mol. The van der Waals surface area contributed by atoms with Crippen molar-refractivity contribution in [1.29, 1.82) is 0 Å². The van der Waals surface area contributed by atoms with E-state index < -0.39 is 26.3 Å². The number of primary amides is 1. The molecule has 0 fully saturated rings. The molecule has 0 bridgehead atoms. The van der Waals surface area contributed by atoms with Crippen LogP contribution >= 0.6 is 11.6 Å². The Hall–Kier alpha value is -2.74. The molecule has 0 unspecified atom stereocenters. The Morgan fingerprint density at radius 3 is 2.63 bits per heavy atom. The summed E-state index contributed by atoms with van der Waals surface area (Å²) in [6.45, 7) is 1.83. The predicted molar refractivity (Wildman–Crippen MR) is 104 cm³/mol. The van der Waals surface area contributed by atoms with Gasteiger partial charge in [0.1, 0.15) is 0 Å². The summed E-state index contributed by atoms with van der Waals surface area (Å²) < 4.78 is 2.65. The van der Waals surface area contributed by atoms with Crippen molar-refractivity contribution in [1.82, 2.24) is 19.7 Å². The summed E-state index contributed by atoms with van der Waals surface area (Å²) >= 11 is 5.11. The summed E-state index contributed by atoms with van der Waals surface area (Å²) in [4.78, 5) is 33.0. The molecule has 0 aliphatic rings. The zero-order valence-corrected chi connectivity index (χ0v) is 16.5. The first-order valence-corrected chi connectivity index (χ1v) is 10.1. The average Bonchev–Trinajstić information content (AvgIpc) is 3.19. The first-order valence-electron chi connectivity index (χ1n) is 7.90. The molecule has 0 spiro atoms. The van der Waals surface area contributed by atoms with Crippen LogP contribution in [0.5, 0.6) is 0 Å². The Labute approximate surface area is 164 Å². The van der Waals surface area contributed by atoms with Gasteiger partial charge in [-0.05, 0) is 0 Å². The Morgan fingerprint density at radius 2 is 1.96 bits per heavy atom. The predicted octanol–water partition coefficient (Wildman–Crippen LogP) is 1.61. The normalized spacial score (nSPS) is 11.2. The van der Waals surface area contributed by atoms with E-state index >= 15 is 0 Å². The molecule has 0 aliphatic heterocycles. The van der Waals surface area contributed by atoms with Gasteiger partial charge >= 0.3 is 164 Å². The van der Waals surface area contributed by atoms with E-state index in [9.17, 15) is 9.59 Å². The number of para-hydroxylation sites is 1. The molecule has 3 N–H and O–H groups in total. The van der Waals surface area contributed by atoms with E-state index in [2.05, 4.69) is 15.4 Å². The van der Waals surface area contributed by atoms with E-state index in [0.29, 0.717) is 36.9 Å². The number of nitrogens with one attached hydrogen (secondary N) is 1. The fraction of sp³-hybridized carbons (Fsp3) is 0.118. The minimum atomic E-state index is -0.606. The topological polar surface area (TPSA) is 116 Å². The molecular formula is C17H13ClN6O2Se. The number of nitrogens with two attached hydrogens (primary N) is 1. The number of alkyl halides is 1. The molecule has 0 saturated heterocycles. The molecule has 4 aromatic rings. The van der Waals surface area contributed by atoms with E-state index in [4.69, 9.17) is 22.3 Å². The molecule has 0 radical (unpaired) electrons. The molecule has 2 amide bonds. The molecule has 1 aromatic carbocycles. The van der Waals surface area contributed by atoms with Crippen LogP contribution in [0.2, 0.25) is 0 Å². The molecule has 10 heteroatoms. The van der Waals surface area contributed by atoms with Crippen LogP contribution < -0.4 is 11.1 Å². The van der Waals surface area contributed by atoms with Crippen LogP contribution in [0.4, 0.5) is 5.69 Å². The fourth-order valence-corrected chi connectivity index (χ4v) is 4.75. The number of aromatic nitrogens is 4. The second-order valence-corrected chi connectivity index (χ2v) is 8.10. The number of rotatable bonds is 4. The molecule has 4 rings (SSSR count). The van der Waals surface area contributed by atoms with Crippen molar-refractivity contribution >= 4 is 64.7 Å². The third kappa shape index (κ3) is 2.99. The Kier molecular flexibility index (Phi) is 4.43. The van der Waals surface area contributed by atoms with Gasteiger partial charge in [-0.3, -0.25) is 0 Å².